The van der Waals surface area contributed by atoms with E-state index in [4.69, 9.17) is 5.11 Å². The molecule has 0 bridgehead atoms. The third-order valence-electron chi connectivity index (χ3n) is 1.65. The number of carboxylic acids is 1. The van der Waals surface area contributed by atoms with Crippen LogP contribution < -0.4 is 0 Å². The molecule has 5 heteroatoms. The average Bonchev–Trinajstić information content (AvgIpc) is 2.53. The van der Waals surface area contributed by atoms with E-state index in [1.165, 1.54) is 0 Å². The molecule has 72 valence electrons. The SMILES string of the molecule is CCCCCc1noc(C(=O)O)n1. The fraction of sp³-hybridized carbons (Fsp3) is 0.625. The van der Waals surface area contributed by atoms with E-state index in [1.54, 1.807) is 0 Å². The summed E-state index contributed by atoms with van der Waals surface area (Å²) < 4.78 is 4.50. The number of aryl methyl sites for hydroxylation is 1. The molecule has 0 aromatic carbocycles. The lowest BCUT2D eigenvalue weighted by Crippen LogP contribution is -1.96. The van der Waals surface area contributed by atoms with E-state index in [-0.39, 0.29) is 5.89 Å². The summed E-state index contributed by atoms with van der Waals surface area (Å²) in [5, 5.41) is 12.0. The lowest BCUT2D eigenvalue weighted by Gasteiger charge is -1.90. The minimum atomic E-state index is -1.17. The van der Waals surface area contributed by atoms with Gasteiger partial charge in [0, 0.05) is 6.42 Å². The van der Waals surface area contributed by atoms with Gasteiger partial charge in [-0.3, -0.25) is 0 Å². The van der Waals surface area contributed by atoms with E-state index in [0.29, 0.717) is 12.2 Å². The van der Waals surface area contributed by atoms with Crippen molar-refractivity contribution in [2.75, 3.05) is 0 Å². The lowest BCUT2D eigenvalue weighted by molar-refractivity contribution is 0.0643. The second kappa shape index (κ2) is 4.59. The average molecular weight is 184 g/mol. The Bertz CT molecular complexity index is 283. The molecule has 0 atom stereocenters. The van der Waals surface area contributed by atoms with Crippen LogP contribution in [0.1, 0.15) is 42.7 Å². The van der Waals surface area contributed by atoms with Gasteiger partial charge in [0.1, 0.15) is 0 Å². The minimum absolute atomic E-state index is 0.327. The van der Waals surface area contributed by atoms with Gasteiger partial charge in [-0.2, -0.15) is 4.98 Å². The fourth-order valence-corrected chi connectivity index (χ4v) is 0.975. The van der Waals surface area contributed by atoms with Gasteiger partial charge in [0.25, 0.3) is 0 Å². The summed E-state index contributed by atoms with van der Waals surface area (Å²) in [4.78, 5) is 14.1. The summed E-state index contributed by atoms with van der Waals surface area (Å²) >= 11 is 0. The van der Waals surface area contributed by atoms with Gasteiger partial charge < -0.3 is 9.63 Å². The van der Waals surface area contributed by atoms with Gasteiger partial charge >= 0.3 is 11.9 Å². The summed E-state index contributed by atoms with van der Waals surface area (Å²) in [5.41, 5.74) is 0. The van der Waals surface area contributed by atoms with Crippen molar-refractivity contribution in [3.63, 3.8) is 0 Å². The molecule has 1 rings (SSSR count). The number of aromatic carboxylic acids is 1. The molecule has 1 heterocycles. The molecule has 0 saturated carbocycles. The van der Waals surface area contributed by atoms with Gasteiger partial charge in [0.15, 0.2) is 5.82 Å². The van der Waals surface area contributed by atoms with Crippen molar-refractivity contribution in [3.8, 4) is 0 Å². The summed E-state index contributed by atoms with van der Waals surface area (Å²) in [5.74, 6) is -1.02. The molecule has 13 heavy (non-hydrogen) atoms. The number of hydrogen-bond donors (Lipinski definition) is 1. The van der Waals surface area contributed by atoms with E-state index in [9.17, 15) is 4.79 Å². The Hall–Kier alpha value is -1.39. The largest absolute Gasteiger partial charge is 0.474 e. The van der Waals surface area contributed by atoms with Crippen molar-refractivity contribution in [2.45, 2.75) is 32.6 Å². The summed E-state index contributed by atoms with van der Waals surface area (Å²) in [6.45, 7) is 2.10. The third-order valence-corrected chi connectivity index (χ3v) is 1.65. The Morgan fingerprint density at radius 2 is 2.31 bits per heavy atom. The number of unbranched alkanes of at least 4 members (excludes halogenated alkanes) is 2. The number of nitrogens with zero attached hydrogens (tertiary/aromatic N) is 2. The van der Waals surface area contributed by atoms with Crippen molar-refractivity contribution in [1.82, 2.24) is 10.1 Å². The van der Waals surface area contributed by atoms with E-state index in [0.717, 1.165) is 19.3 Å². The number of aromatic nitrogens is 2. The number of carboxylic acid groups (broad SMARTS) is 1. The lowest BCUT2D eigenvalue weighted by atomic mass is 10.2. The van der Waals surface area contributed by atoms with Gasteiger partial charge in [-0.05, 0) is 6.42 Å². The molecule has 5 nitrogen and oxygen atoms in total. The molecule has 1 aromatic heterocycles. The van der Waals surface area contributed by atoms with Crippen molar-refractivity contribution in [1.29, 1.82) is 0 Å². The molecule has 0 radical (unpaired) electrons. The predicted molar refractivity (Wildman–Crippen MR) is 44.5 cm³/mol. The van der Waals surface area contributed by atoms with Crippen LogP contribution in [0.3, 0.4) is 0 Å². The second-order valence-corrected chi connectivity index (χ2v) is 2.78. The van der Waals surface area contributed by atoms with Crippen LogP contribution in [0, 0.1) is 0 Å². The Balaban J connectivity index is 2.44. The van der Waals surface area contributed by atoms with Crippen molar-refractivity contribution in [2.24, 2.45) is 0 Å². The quantitative estimate of drug-likeness (QED) is 0.701. The highest BCUT2D eigenvalue weighted by Gasteiger charge is 2.12. The molecule has 0 spiro atoms. The van der Waals surface area contributed by atoms with Gasteiger partial charge in [-0.15, -0.1) is 0 Å². The maximum absolute atomic E-state index is 10.3. The third kappa shape index (κ3) is 2.85. The highest BCUT2D eigenvalue weighted by atomic mass is 16.5. The van der Waals surface area contributed by atoms with E-state index in [1.807, 2.05) is 0 Å². The zero-order chi connectivity index (χ0) is 9.68. The molecule has 1 N–H and O–H groups in total. The Labute approximate surface area is 75.8 Å². The molecule has 0 unspecified atom stereocenters. The van der Waals surface area contributed by atoms with Crippen LogP contribution in [0.15, 0.2) is 4.52 Å². The molecule has 0 fully saturated rings. The zero-order valence-electron chi connectivity index (χ0n) is 7.49. The summed E-state index contributed by atoms with van der Waals surface area (Å²) in [7, 11) is 0. The minimum Gasteiger partial charge on any atom is -0.474 e. The first-order valence-electron chi connectivity index (χ1n) is 4.30. The van der Waals surface area contributed by atoms with Crippen molar-refractivity contribution < 1.29 is 14.4 Å². The monoisotopic (exact) mass is 184 g/mol. The van der Waals surface area contributed by atoms with Gasteiger partial charge in [-0.1, -0.05) is 24.9 Å². The molecule has 1 aromatic rings. The van der Waals surface area contributed by atoms with Crippen LogP contribution in [0.2, 0.25) is 0 Å². The number of carbonyl (C=O) groups is 1. The second-order valence-electron chi connectivity index (χ2n) is 2.78. The first kappa shape index (κ1) is 9.70. The fourth-order valence-electron chi connectivity index (χ4n) is 0.975. The van der Waals surface area contributed by atoms with Crippen LogP contribution in [-0.4, -0.2) is 21.2 Å². The van der Waals surface area contributed by atoms with E-state index >= 15 is 0 Å². The highest BCUT2D eigenvalue weighted by molar-refractivity contribution is 5.81. The van der Waals surface area contributed by atoms with E-state index < -0.39 is 5.97 Å². The zero-order valence-corrected chi connectivity index (χ0v) is 7.49. The van der Waals surface area contributed by atoms with Crippen molar-refractivity contribution >= 4 is 5.97 Å². The van der Waals surface area contributed by atoms with Crippen LogP contribution >= 0.6 is 0 Å². The number of rotatable bonds is 5. The topological polar surface area (TPSA) is 76.2 Å². The Morgan fingerprint density at radius 3 is 2.85 bits per heavy atom. The van der Waals surface area contributed by atoms with Gasteiger partial charge in [-0.25, -0.2) is 4.79 Å². The standard InChI is InChI=1S/C8H12N2O3/c1-2-3-4-5-6-9-7(8(11)12)13-10-6/h2-5H2,1H3,(H,11,12). The normalized spacial score (nSPS) is 10.2. The maximum atomic E-state index is 10.3. The maximum Gasteiger partial charge on any atom is 0.394 e. The van der Waals surface area contributed by atoms with Crippen molar-refractivity contribution in [3.05, 3.63) is 11.7 Å². The molecule has 0 amide bonds. The molecular formula is C8H12N2O3. The first-order valence-corrected chi connectivity index (χ1v) is 4.30. The Morgan fingerprint density at radius 1 is 1.54 bits per heavy atom. The van der Waals surface area contributed by atoms with Crippen LogP contribution in [0.5, 0.6) is 0 Å². The van der Waals surface area contributed by atoms with Crippen LogP contribution in [0.25, 0.3) is 0 Å². The number of hydrogen-bond acceptors (Lipinski definition) is 4. The van der Waals surface area contributed by atoms with E-state index in [2.05, 4.69) is 21.6 Å². The summed E-state index contributed by atoms with van der Waals surface area (Å²) in [6.07, 6.45) is 3.86. The van der Waals surface area contributed by atoms with Gasteiger partial charge in [0.05, 0.1) is 0 Å². The smallest absolute Gasteiger partial charge is 0.394 e. The molecule has 0 saturated heterocycles. The Kier molecular flexibility index (Phi) is 3.42. The summed E-state index contributed by atoms with van der Waals surface area (Å²) in [6, 6.07) is 0. The first-order chi connectivity index (χ1) is 6.24. The highest BCUT2D eigenvalue weighted by Crippen LogP contribution is 2.03. The molecular weight excluding hydrogens is 172 g/mol. The molecule has 0 aliphatic heterocycles. The van der Waals surface area contributed by atoms with Gasteiger partial charge in [0.2, 0.25) is 0 Å². The molecule has 0 aliphatic rings. The predicted octanol–water partition coefficient (Wildman–Crippen LogP) is 1.50. The van der Waals surface area contributed by atoms with Crippen LogP contribution in [0.4, 0.5) is 0 Å². The van der Waals surface area contributed by atoms with Crippen LogP contribution in [-0.2, 0) is 6.42 Å². The molecule has 0 aliphatic carbocycles.